The lowest BCUT2D eigenvalue weighted by molar-refractivity contribution is 0.0533. The molecule has 2 fully saturated rings. The molecule has 2 aliphatic rings. The summed E-state index contributed by atoms with van der Waals surface area (Å²) in [5.41, 5.74) is 5.93. The summed E-state index contributed by atoms with van der Waals surface area (Å²) in [4.78, 5) is 13.0. The predicted molar refractivity (Wildman–Crippen MR) is 48.3 cm³/mol. The highest BCUT2D eigenvalue weighted by Crippen LogP contribution is 2.30. The first-order valence-electron chi connectivity index (χ1n) is 4.90. The summed E-state index contributed by atoms with van der Waals surface area (Å²) in [6, 6.07) is 0. The quantitative estimate of drug-likeness (QED) is 0.687. The van der Waals surface area contributed by atoms with Crippen LogP contribution in [0, 0.1) is 0 Å². The molecule has 1 saturated carbocycles. The molecule has 0 aromatic carbocycles. The van der Waals surface area contributed by atoms with Gasteiger partial charge in [-0.1, -0.05) is 0 Å². The first kappa shape index (κ1) is 8.81. The molecule has 74 valence electrons. The number of carbonyl (C=O) groups excluding carboxylic acids is 1. The SMILES string of the molecule is NC1(CN2CCCOC2=O)CCC1. The van der Waals surface area contributed by atoms with E-state index in [0.717, 1.165) is 25.8 Å². The highest BCUT2D eigenvalue weighted by atomic mass is 16.6. The van der Waals surface area contributed by atoms with Crippen molar-refractivity contribution in [1.82, 2.24) is 4.90 Å². The van der Waals surface area contributed by atoms with Gasteiger partial charge in [-0.25, -0.2) is 4.79 Å². The summed E-state index contributed by atoms with van der Waals surface area (Å²) in [5.74, 6) is 0. The lowest BCUT2D eigenvalue weighted by Gasteiger charge is -2.42. The highest BCUT2D eigenvalue weighted by molar-refractivity contribution is 5.68. The number of amides is 1. The van der Waals surface area contributed by atoms with Crippen LogP contribution in [0.25, 0.3) is 0 Å². The number of hydrogen-bond donors (Lipinski definition) is 1. The molecule has 0 atom stereocenters. The summed E-state index contributed by atoms with van der Waals surface area (Å²) in [6.07, 6.45) is 4.01. The minimum Gasteiger partial charge on any atom is -0.449 e. The van der Waals surface area contributed by atoms with Crippen molar-refractivity contribution < 1.29 is 9.53 Å². The Kier molecular flexibility index (Phi) is 2.15. The lowest BCUT2D eigenvalue weighted by Crippen LogP contribution is -2.57. The number of carbonyl (C=O) groups is 1. The highest BCUT2D eigenvalue weighted by Gasteiger charge is 2.36. The van der Waals surface area contributed by atoms with E-state index in [-0.39, 0.29) is 11.6 Å². The molecule has 0 aromatic rings. The van der Waals surface area contributed by atoms with Gasteiger partial charge in [-0.15, -0.1) is 0 Å². The molecule has 2 N–H and O–H groups in total. The van der Waals surface area contributed by atoms with Crippen molar-refractivity contribution in [2.24, 2.45) is 5.73 Å². The number of ether oxygens (including phenoxy) is 1. The third kappa shape index (κ3) is 1.77. The zero-order valence-electron chi connectivity index (χ0n) is 7.79. The molecule has 0 aromatic heterocycles. The first-order valence-corrected chi connectivity index (χ1v) is 4.90. The van der Waals surface area contributed by atoms with Crippen molar-refractivity contribution >= 4 is 6.09 Å². The van der Waals surface area contributed by atoms with Crippen LogP contribution in [-0.4, -0.2) is 36.2 Å². The molecule has 0 radical (unpaired) electrons. The van der Waals surface area contributed by atoms with E-state index in [1.165, 1.54) is 6.42 Å². The minimum absolute atomic E-state index is 0.115. The summed E-state index contributed by atoms with van der Waals surface area (Å²) in [6.45, 7) is 2.04. The van der Waals surface area contributed by atoms with Crippen LogP contribution < -0.4 is 5.73 Å². The van der Waals surface area contributed by atoms with Gasteiger partial charge in [-0.3, -0.25) is 0 Å². The standard InChI is InChI=1S/C9H16N2O2/c10-9(3-1-4-9)7-11-5-2-6-13-8(11)12/h1-7,10H2. The second-order valence-electron chi connectivity index (χ2n) is 4.11. The lowest BCUT2D eigenvalue weighted by atomic mass is 9.77. The molecule has 4 nitrogen and oxygen atoms in total. The molecule has 1 heterocycles. The van der Waals surface area contributed by atoms with E-state index >= 15 is 0 Å². The van der Waals surface area contributed by atoms with Gasteiger partial charge in [0.15, 0.2) is 0 Å². The zero-order valence-corrected chi connectivity index (χ0v) is 7.79. The van der Waals surface area contributed by atoms with Crippen LogP contribution in [0.5, 0.6) is 0 Å². The second-order valence-corrected chi connectivity index (χ2v) is 4.11. The largest absolute Gasteiger partial charge is 0.449 e. The van der Waals surface area contributed by atoms with Crippen molar-refractivity contribution in [2.45, 2.75) is 31.2 Å². The van der Waals surface area contributed by atoms with Crippen LogP contribution in [0.15, 0.2) is 0 Å². The van der Waals surface area contributed by atoms with Crippen molar-refractivity contribution in [1.29, 1.82) is 0 Å². The third-order valence-corrected chi connectivity index (χ3v) is 2.91. The topological polar surface area (TPSA) is 55.6 Å². The normalized spacial score (nSPS) is 26.5. The van der Waals surface area contributed by atoms with Gasteiger partial charge in [0, 0.05) is 18.6 Å². The predicted octanol–water partition coefficient (Wildman–Crippen LogP) is 0.710. The van der Waals surface area contributed by atoms with Gasteiger partial charge in [0.05, 0.1) is 6.61 Å². The minimum atomic E-state index is -0.192. The monoisotopic (exact) mass is 184 g/mol. The smallest absolute Gasteiger partial charge is 0.409 e. The Morgan fingerprint density at radius 2 is 2.23 bits per heavy atom. The maximum atomic E-state index is 11.3. The molecule has 0 bridgehead atoms. The van der Waals surface area contributed by atoms with E-state index in [9.17, 15) is 4.79 Å². The Hall–Kier alpha value is -0.770. The molecule has 1 amide bonds. The molecule has 1 aliphatic carbocycles. The number of cyclic esters (lactones) is 1. The van der Waals surface area contributed by atoms with Gasteiger partial charge in [0.25, 0.3) is 0 Å². The fraction of sp³-hybridized carbons (Fsp3) is 0.889. The maximum absolute atomic E-state index is 11.3. The Labute approximate surface area is 78.0 Å². The number of nitrogens with zero attached hydrogens (tertiary/aromatic N) is 1. The molecule has 0 unspecified atom stereocenters. The number of rotatable bonds is 2. The van der Waals surface area contributed by atoms with E-state index in [2.05, 4.69) is 0 Å². The molecule has 1 saturated heterocycles. The molecule has 1 aliphatic heterocycles. The molecule has 4 heteroatoms. The van der Waals surface area contributed by atoms with E-state index in [0.29, 0.717) is 13.2 Å². The fourth-order valence-corrected chi connectivity index (χ4v) is 1.91. The van der Waals surface area contributed by atoms with E-state index < -0.39 is 0 Å². The van der Waals surface area contributed by atoms with E-state index in [1.807, 2.05) is 0 Å². The average Bonchev–Trinajstić information content (AvgIpc) is 2.06. The molecule has 0 spiro atoms. The van der Waals surface area contributed by atoms with Crippen LogP contribution in [0.3, 0.4) is 0 Å². The Morgan fingerprint density at radius 3 is 2.77 bits per heavy atom. The Morgan fingerprint density at radius 1 is 1.46 bits per heavy atom. The van der Waals surface area contributed by atoms with Crippen molar-refractivity contribution in [3.8, 4) is 0 Å². The van der Waals surface area contributed by atoms with Gasteiger partial charge in [0.2, 0.25) is 0 Å². The summed E-state index contributed by atoms with van der Waals surface area (Å²) in [5, 5.41) is 0. The molecular formula is C9H16N2O2. The van der Waals surface area contributed by atoms with Gasteiger partial charge in [-0.2, -0.15) is 0 Å². The summed E-state index contributed by atoms with van der Waals surface area (Å²) < 4.78 is 4.94. The van der Waals surface area contributed by atoms with Crippen LogP contribution in [0.1, 0.15) is 25.7 Å². The van der Waals surface area contributed by atoms with Gasteiger partial charge >= 0.3 is 6.09 Å². The van der Waals surface area contributed by atoms with Crippen LogP contribution in [0.2, 0.25) is 0 Å². The summed E-state index contributed by atoms with van der Waals surface area (Å²) in [7, 11) is 0. The summed E-state index contributed by atoms with van der Waals surface area (Å²) >= 11 is 0. The molecule has 2 rings (SSSR count). The van der Waals surface area contributed by atoms with E-state index in [1.54, 1.807) is 4.90 Å². The van der Waals surface area contributed by atoms with Gasteiger partial charge in [0.1, 0.15) is 0 Å². The van der Waals surface area contributed by atoms with Crippen LogP contribution in [0.4, 0.5) is 4.79 Å². The Bertz CT molecular complexity index is 214. The molecule has 13 heavy (non-hydrogen) atoms. The van der Waals surface area contributed by atoms with E-state index in [4.69, 9.17) is 10.5 Å². The van der Waals surface area contributed by atoms with Crippen LogP contribution in [-0.2, 0) is 4.74 Å². The number of nitrogens with two attached hydrogens (primary N) is 1. The van der Waals surface area contributed by atoms with Crippen molar-refractivity contribution in [3.05, 3.63) is 0 Å². The van der Waals surface area contributed by atoms with Gasteiger partial charge in [-0.05, 0) is 25.7 Å². The maximum Gasteiger partial charge on any atom is 0.409 e. The van der Waals surface area contributed by atoms with Gasteiger partial charge < -0.3 is 15.4 Å². The first-order chi connectivity index (χ1) is 6.20. The molecular weight excluding hydrogens is 168 g/mol. The zero-order chi connectivity index (χ0) is 9.31. The van der Waals surface area contributed by atoms with Crippen molar-refractivity contribution in [3.63, 3.8) is 0 Å². The fourth-order valence-electron chi connectivity index (χ4n) is 1.91. The Balaban J connectivity index is 1.88. The number of hydrogen-bond acceptors (Lipinski definition) is 3. The van der Waals surface area contributed by atoms with Crippen molar-refractivity contribution in [2.75, 3.05) is 19.7 Å². The second kappa shape index (κ2) is 3.18. The average molecular weight is 184 g/mol. The van der Waals surface area contributed by atoms with Crippen LogP contribution >= 0.6 is 0 Å². The third-order valence-electron chi connectivity index (χ3n) is 2.91.